The minimum atomic E-state index is -0.577. The predicted octanol–water partition coefficient (Wildman–Crippen LogP) is 4.20. The lowest BCUT2D eigenvalue weighted by molar-refractivity contribution is 0.262. The first-order valence-corrected chi connectivity index (χ1v) is 10.7. The average molecular weight is 472 g/mol. The fourth-order valence-corrected chi connectivity index (χ4v) is 3.83. The molecular formula is C24H22FN9O. The van der Waals surface area contributed by atoms with Gasteiger partial charge in [-0.1, -0.05) is 17.7 Å². The van der Waals surface area contributed by atoms with Crippen molar-refractivity contribution in [2.24, 2.45) is 7.05 Å². The zero-order valence-corrected chi connectivity index (χ0v) is 19.2. The van der Waals surface area contributed by atoms with Crippen LogP contribution in [0, 0.1) is 19.7 Å². The van der Waals surface area contributed by atoms with E-state index in [9.17, 15) is 4.79 Å². The molecule has 2 amide bonds. The molecule has 11 heteroatoms. The molecule has 0 fully saturated rings. The molecule has 0 atom stereocenters. The highest BCUT2D eigenvalue weighted by molar-refractivity contribution is 6.01. The quantitative estimate of drug-likeness (QED) is 0.360. The third kappa shape index (κ3) is 4.14. The second kappa shape index (κ2) is 8.52. The maximum absolute atomic E-state index is 15.1. The van der Waals surface area contributed by atoms with Gasteiger partial charge in [-0.25, -0.2) is 28.5 Å². The second-order valence-electron chi connectivity index (χ2n) is 8.12. The number of hydrogen-bond acceptors (Lipinski definition) is 6. The van der Waals surface area contributed by atoms with Gasteiger partial charge in [0.2, 0.25) is 0 Å². The number of fused-ring (bicyclic) bond motifs is 1. The summed E-state index contributed by atoms with van der Waals surface area (Å²) in [4.78, 5) is 20.8. The van der Waals surface area contributed by atoms with Crippen LogP contribution in [0.25, 0.3) is 28.0 Å². The molecule has 0 aliphatic rings. The number of aromatic nitrogens is 6. The standard InChI is InChI=1S/C24H22FN9O/c1-13-4-7-16(8-5-13)34-19(10-14(2)31-34)30-24(35)29-15-6-9-17(18(25)11-15)21-20-22(26)27-12-28-23(20)33(3)32-21/h4-12H,1-3H3,(H2,26,27,28)(H2,29,30,35). The van der Waals surface area contributed by atoms with E-state index in [4.69, 9.17) is 5.73 Å². The number of hydrogen-bond donors (Lipinski definition) is 3. The minimum Gasteiger partial charge on any atom is -0.383 e. The largest absolute Gasteiger partial charge is 0.383 e. The van der Waals surface area contributed by atoms with Gasteiger partial charge in [-0.3, -0.25) is 5.32 Å². The van der Waals surface area contributed by atoms with E-state index in [0.717, 1.165) is 16.9 Å². The maximum Gasteiger partial charge on any atom is 0.324 e. The normalized spacial score (nSPS) is 11.1. The summed E-state index contributed by atoms with van der Waals surface area (Å²) >= 11 is 0. The van der Waals surface area contributed by atoms with Gasteiger partial charge in [0, 0.05) is 24.4 Å². The Bertz CT molecular complexity index is 1570. The molecule has 0 unspecified atom stereocenters. The first kappa shape index (κ1) is 22.0. The van der Waals surface area contributed by atoms with E-state index in [2.05, 4.69) is 30.8 Å². The zero-order valence-electron chi connectivity index (χ0n) is 19.2. The van der Waals surface area contributed by atoms with Gasteiger partial charge in [0.25, 0.3) is 0 Å². The number of nitrogen functional groups attached to an aromatic ring is 1. The van der Waals surface area contributed by atoms with Gasteiger partial charge < -0.3 is 11.1 Å². The highest BCUT2D eigenvalue weighted by Crippen LogP contribution is 2.32. The molecule has 5 rings (SSSR count). The number of aryl methyl sites for hydroxylation is 3. The van der Waals surface area contributed by atoms with Crippen LogP contribution in [0.5, 0.6) is 0 Å². The highest BCUT2D eigenvalue weighted by Gasteiger charge is 2.19. The molecule has 35 heavy (non-hydrogen) atoms. The van der Waals surface area contributed by atoms with Crippen molar-refractivity contribution in [2.75, 3.05) is 16.4 Å². The van der Waals surface area contributed by atoms with Gasteiger partial charge in [0.05, 0.1) is 16.8 Å². The number of rotatable bonds is 4. The SMILES string of the molecule is Cc1ccc(-n2nc(C)cc2NC(=O)Nc2ccc(-c3nn(C)c4ncnc(N)c34)c(F)c2)cc1. The van der Waals surface area contributed by atoms with Crippen LogP contribution in [0.2, 0.25) is 0 Å². The first-order valence-electron chi connectivity index (χ1n) is 10.7. The van der Waals surface area contributed by atoms with Crippen LogP contribution in [0.1, 0.15) is 11.3 Å². The Balaban J connectivity index is 1.38. The monoisotopic (exact) mass is 471 g/mol. The third-order valence-corrected chi connectivity index (χ3v) is 5.48. The van der Waals surface area contributed by atoms with Gasteiger partial charge in [-0.05, 0) is 44.2 Å². The van der Waals surface area contributed by atoms with E-state index in [0.29, 0.717) is 22.5 Å². The lowest BCUT2D eigenvalue weighted by atomic mass is 10.1. The summed E-state index contributed by atoms with van der Waals surface area (Å²) < 4.78 is 18.2. The molecule has 0 spiro atoms. The predicted molar refractivity (Wildman–Crippen MR) is 132 cm³/mol. The minimum absolute atomic E-state index is 0.208. The molecule has 2 aromatic carbocycles. The van der Waals surface area contributed by atoms with Crippen molar-refractivity contribution in [1.29, 1.82) is 0 Å². The Labute approximate surface area is 199 Å². The number of carbonyl (C=O) groups excluding carboxylic acids is 1. The molecule has 3 aromatic heterocycles. The summed E-state index contributed by atoms with van der Waals surface area (Å²) in [7, 11) is 1.69. The molecule has 0 bridgehead atoms. The molecule has 5 aromatic rings. The smallest absolute Gasteiger partial charge is 0.324 e. The Kier molecular flexibility index (Phi) is 5.36. The molecule has 10 nitrogen and oxygen atoms in total. The molecule has 0 aliphatic carbocycles. The van der Waals surface area contributed by atoms with Crippen molar-refractivity contribution in [3.63, 3.8) is 0 Å². The summed E-state index contributed by atoms with van der Waals surface area (Å²) in [5, 5.41) is 14.7. The Morgan fingerprint density at radius 2 is 1.77 bits per heavy atom. The fourth-order valence-electron chi connectivity index (χ4n) is 3.83. The molecular weight excluding hydrogens is 449 g/mol. The molecule has 176 valence electrons. The van der Waals surface area contributed by atoms with Gasteiger partial charge in [-0.15, -0.1) is 0 Å². The molecule has 3 heterocycles. The summed E-state index contributed by atoms with van der Waals surface area (Å²) in [6.07, 6.45) is 1.33. The molecule has 4 N–H and O–H groups in total. The van der Waals surface area contributed by atoms with Crippen molar-refractivity contribution < 1.29 is 9.18 Å². The molecule has 0 saturated carbocycles. The summed E-state index contributed by atoms with van der Waals surface area (Å²) in [5.41, 5.74) is 9.96. The van der Waals surface area contributed by atoms with Crippen molar-refractivity contribution >= 4 is 34.4 Å². The number of benzene rings is 2. The van der Waals surface area contributed by atoms with Crippen LogP contribution in [-0.4, -0.2) is 35.6 Å². The lowest BCUT2D eigenvalue weighted by Gasteiger charge is -2.11. The highest BCUT2D eigenvalue weighted by atomic mass is 19.1. The van der Waals surface area contributed by atoms with E-state index in [1.54, 1.807) is 23.9 Å². The number of nitrogens with two attached hydrogens (primary N) is 1. The lowest BCUT2D eigenvalue weighted by Crippen LogP contribution is -2.21. The van der Waals surface area contributed by atoms with Gasteiger partial charge in [0.1, 0.15) is 29.5 Å². The van der Waals surface area contributed by atoms with Crippen LogP contribution < -0.4 is 16.4 Å². The van der Waals surface area contributed by atoms with Crippen molar-refractivity contribution in [2.45, 2.75) is 13.8 Å². The number of amides is 2. The van der Waals surface area contributed by atoms with E-state index < -0.39 is 11.8 Å². The van der Waals surface area contributed by atoms with Crippen LogP contribution in [-0.2, 0) is 7.05 Å². The van der Waals surface area contributed by atoms with Crippen molar-refractivity contribution in [3.05, 3.63) is 71.9 Å². The van der Waals surface area contributed by atoms with Gasteiger partial charge in [0.15, 0.2) is 5.65 Å². The molecule has 0 radical (unpaired) electrons. The number of nitrogens with one attached hydrogen (secondary N) is 2. The van der Waals surface area contributed by atoms with Gasteiger partial charge >= 0.3 is 6.03 Å². The van der Waals surface area contributed by atoms with Gasteiger partial charge in [-0.2, -0.15) is 10.2 Å². The van der Waals surface area contributed by atoms with Crippen LogP contribution >= 0.6 is 0 Å². The third-order valence-electron chi connectivity index (χ3n) is 5.48. The van der Waals surface area contributed by atoms with Crippen LogP contribution in [0.4, 0.5) is 26.5 Å². The van der Waals surface area contributed by atoms with E-state index in [1.807, 2.05) is 38.1 Å². The van der Waals surface area contributed by atoms with E-state index in [1.165, 1.54) is 23.1 Å². The van der Waals surface area contributed by atoms with E-state index >= 15 is 4.39 Å². The number of urea groups is 1. The van der Waals surface area contributed by atoms with Crippen molar-refractivity contribution in [3.8, 4) is 16.9 Å². The number of halogens is 1. The van der Waals surface area contributed by atoms with Crippen LogP contribution in [0.15, 0.2) is 54.9 Å². The summed E-state index contributed by atoms with van der Waals surface area (Å²) in [6.45, 7) is 3.83. The number of nitrogens with zero attached hydrogens (tertiary/aromatic N) is 6. The average Bonchev–Trinajstić information content (AvgIpc) is 3.34. The first-order chi connectivity index (χ1) is 16.8. The molecule has 0 saturated heterocycles. The van der Waals surface area contributed by atoms with E-state index in [-0.39, 0.29) is 17.1 Å². The summed E-state index contributed by atoms with van der Waals surface area (Å²) in [6, 6.07) is 13.3. The maximum atomic E-state index is 15.1. The second-order valence-corrected chi connectivity index (χ2v) is 8.12. The number of anilines is 3. The zero-order chi connectivity index (χ0) is 24.7. The van der Waals surface area contributed by atoms with Crippen molar-refractivity contribution in [1.82, 2.24) is 29.5 Å². The Morgan fingerprint density at radius 1 is 1.00 bits per heavy atom. The summed E-state index contributed by atoms with van der Waals surface area (Å²) in [5.74, 6) is 0.113. The number of carbonyl (C=O) groups is 1. The molecule has 0 aliphatic heterocycles. The Hall–Kier alpha value is -4.80. The Morgan fingerprint density at radius 3 is 2.51 bits per heavy atom. The fraction of sp³-hybridized carbons (Fsp3) is 0.125. The van der Waals surface area contributed by atoms with Crippen LogP contribution in [0.3, 0.4) is 0 Å². The topological polar surface area (TPSA) is 129 Å².